The van der Waals surface area contributed by atoms with Gasteiger partial charge in [0.05, 0.1) is 7.11 Å². The molecule has 0 saturated heterocycles. The highest BCUT2D eigenvalue weighted by Crippen LogP contribution is 2.28. The second-order valence-electron chi connectivity index (χ2n) is 7.61. The Kier molecular flexibility index (Phi) is 6.73. The van der Waals surface area contributed by atoms with Crippen molar-refractivity contribution >= 4 is 0 Å². The van der Waals surface area contributed by atoms with E-state index in [1.54, 1.807) is 7.11 Å². The Morgan fingerprint density at radius 2 is 1.90 bits per heavy atom. The molecule has 2 atom stereocenters. The zero-order chi connectivity index (χ0) is 16.0. The number of ether oxygens (including phenoxy) is 1. The van der Waals surface area contributed by atoms with Gasteiger partial charge in [0, 0.05) is 6.04 Å². The zero-order valence-electron chi connectivity index (χ0n) is 14.9. The van der Waals surface area contributed by atoms with Crippen LogP contribution in [-0.4, -0.2) is 20.2 Å². The van der Waals surface area contributed by atoms with Crippen molar-refractivity contribution in [1.82, 2.24) is 5.32 Å². The molecule has 21 heavy (non-hydrogen) atoms. The summed E-state index contributed by atoms with van der Waals surface area (Å²) in [7, 11) is 3.82. The van der Waals surface area contributed by atoms with Crippen LogP contribution < -0.4 is 10.1 Å². The van der Waals surface area contributed by atoms with Crippen molar-refractivity contribution in [2.24, 2.45) is 11.3 Å². The zero-order valence-corrected chi connectivity index (χ0v) is 14.9. The predicted molar refractivity (Wildman–Crippen MR) is 92.1 cm³/mol. The van der Waals surface area contributed by atoms with E-state index in [9.17, 15) is 0 Å². The maximum atomic E-state index is 5.50. The molecule has 120 valence electrons. The quantitative estimate of drug-likeness (QED) is 0.793. The molecule has 0 aliphatic heterocycles. The van der Waals surface area contributed by atoms with Gasteiger partial charge in [0.1, 0.15) is 5.75 Å². The van der Waals surface area contributed by atoms with Crippen LogP contribution in [0, 0.1) is 18.3 Å². The SMILES string of the molecule is CNC(Cc1cc(C)ccc1OC)CC(C)CC(C)(C)C. The molecular weight excluding hydrogens is 258 g/mol. The van der Waals surface area contributed by atoms with Gasteiger partial charge in [-0.3, -0.25) is 0 Å². The van der Waals surface area contributed by atoms with E-state index >= 15 is 0 Å². The van der Waals surface area contributed by atoms with Gasteiger partial charge < -0.3 is 10.1 Å². The highest BCUT2D eigenvalue weighted by Gasteiger charge is 2.19. The first-order valence-corrected chi connectivity index (χ1v) is 8.06. The first-order valence-electron chi connectivity index (χ1n) is 8.06. The van der Waals surface area contributed by atoms with Crippen LogP contribution in [0.2, 0.25) is 0 Å². The molecule has 0 radical (unpaired) electrons. The normalized spacial score (nSPS) is 14.8. The molecule has 0 fully saturated rings. The minimum absolute atomic E-state index is 0.402. The van der Waals surface area contributed by atoms with E-state index in [4.69, 9.17) is 4.74 Å². The van der Waals surface area contributed by atoms with E-state index in [0.29, 0.717) is 11.5 Å². The molecular formula is C19H33NO. The molecule has 2 heteroatoms. The molecule has 2 nitrogen and oxygen atoms in total. The van der Waals surface area contributed by atoms with Crippen LogP contribution in [0.1, 0.15) is 51.7 Å². The largest absolute Gasteiger partial charge is 0.496 e. The van der Waals surface area contributed by atoms with Crippen LogP contribution in [0.3, 0.4) is 0 Å². The summed E-state index contributed by atoms with van der Waals surface area (Å²) >= 11 is 0. The van der Waals surface area contributed by atoms with Crippen molar-refractivity contribution in [3.05, 3.63) is 29.3 Å². The Morgan fingerprint density at radius 3 is 2.43 bits per heavy atom. The van der Waals surface area contributed by atoms with Crippen LogP contribution in [-0.2, 0) is 6.42 Å². The van der Waals surface area contributed by atoms with Crippen LogP contribution in [0.25, 0.3) is 0 Å². The van der Waals surface area contributed by atoms with Crippen molar-refractivity contribution in [3.8, 4) is 5.75 Å². The molecule has 1 aromatic rings. The number of aryl methyl sites for hydroxylation is 1. The van der Waals surface area contributed by atoms with Crippen molar-refractivity contribution in [2.45, 2.75) is 59.9 Å². The number of methoxy groups -OCH3 is 1. The number of likely N-dealkylation sites (N-methyl/N-ethyl adjacent to an activating group) is 1. The lowest BCUT2D eigenvalue weighted by atomic mass is 9.82. The second kappa shape index (κ2) is 7.84. The number of hydrogen-bond acceptors (Lipinski definition) is 2. The highest BCUT2D eigenvalue weighted by molar-refractivity contribution is 5.37. The van der Waals surface area contributed by atoms with E-state index in [0.717, 1.165) is 18.1 Å². The van der Waals surface area contributed by atoms with Gasteiger partial charge in [-0.1, -0.05) is 45.4 Å². The molecule has 0 heterocycles. The molecule has 0 amide bonds. The lowest BCUT2D eigenvalue weighted by Crippen LogP contribution is -2.30. The Balaban J connectivity index is 2.72. The summed E-state index contributed by atoms with van der Waals surface area (Å²) in [5.41, 5.74) is 3.00. The number of hydrogen-bond donors (Lipinski definition) is 1. The second-order valence-corrected chi connectivity index (χ2v) is 7.61. The standard InChI is InChI=1S/C19H33NO/c1-14-8-9-18(21-7)16(10-14)12-17(20-6)11-15(2)13-19(3,4)5/h8-10,15,17,20H,11-13H2,1-7H3. The van der Waals surface area contributed by atoms with Gasteiger partial charge in [0.15, 0.2) is 0 Å². The molecule has 1 rings (SSSR count). The molecule has 0 spiro atoms. The van der Waals surface area contributed by atoms with Crippen molar-refractivity contribution < 1.29 is 4.74 Å². The average molecular weight is 291 g/mol. The van der Waals surface area contributed by atoms with Gasteiger partial charge in [-0.05, 0) is 56.2 Å². The molecule has 0 saturated carbocycles. The fourth-order valence-corrected chi connectivity index (χ4v) is 3.25. The van der Waals surface area contributed by atoms with Crippen molar-refractivity contribution in [1.29, 1.82) is 0 Å². The molecule has 0 bridgehead atoms. The van der Waals surface area contributed by atoms with Crippen molar-refractivity contribution in [2.75, 3.05) is 14.2 Å². The number of benzene rings is 1. The summed E-state index contributed by atoms with van der Waals surface area (Å²) in [5, 5.41) is 3.48. The van der Waals surface area contributed by atoms with Gasteiger partial charge in [-0.2, -0.15) is 0 Å². The Labute approximate surface area is 131 Å². The minimum atomic E-state index is 0.402. The molecule has 0 aromatic heterocycles. The summed E-state index contributed by atoms with van der Waals surface area (Å²) in [6.07, 6.45) is 3.48. The van der Waals surface area contributed by atoms with Crippen LogP contribution in [0.5, 0.6) is 5.75 Å². The third-order valence-electron chi connectivity index (χ3n) is 3.96. The van der Waals surface area contributed by atoms with E-state index in [-0.39, 0.29) is 0 Å². The Hall–Kier alpha value is -1.02. The minimum Gasteiger partial charge on any atom is -0.496 e. The lowest BCUT2D eigenvalue weighted by molar-refractivity contribution is 0.277. The van der Waals surface area contributed by atoms with Gasteiger partial charge in [-0.25, -0.2) is 0 Å². The van der Waals surface area contributed by atoms with Gasteiger partial charge >= 0.3 is 0 Å². The maximum Gasteiger partial charge on any atom is 0.122 e. The van der Waals surface area contributed by atoms with E-state index in [2.05, 4.69) is 65.2 Å². The Morgan fingerprint density at radius 1 is 1.24 bits per heavy atom. The smallest absolute Gasteiger partial charge is 0.122 e. The first-order chi connectivity index (χ1) is 9.75. The van der Waals surface area contributed by atoms with E-state index in [1.165, 1.54) is 24.0 Å². The first kappa shape index (κ1) is 18.0. The highest BCUT2D eigenvalue weighted by atomic mass is 16.5. The molecule has 0 aliphatic rings. The number of nitrogens with one attached hydrogen (secondary N) is 1. The summed E-state index contributed by atoms with van der Waals surface area (Å²) in [6.45, 7) is 11.5. The molecule has 2 unspecified atom stereocenters. The monoisotopic (exact) mass is 291 g/mol. The number of rotatable bonds is 7. The third kappa shape index (κ3) is 6.52. The topological polar surface area (TPSA) is 21.3 Å². The van der Waals surface area contributed by atoms with Gasteiger partial charge in [0.2, 0.25) is 0 Å². The average Bonchev–Trinajstić information content (AvgIpc) is 2.36. The Bertz CT molecular complexity index is 434. The van der Waals surface area contributed by atoms with Crippen LogP contribution in [0.4, 0.5) is 0 Å². The fraction of sp³-hybridized carbons (Fsp3) is 0.684. The van der Waals surface area contributed by atoms with Crippen LogP contribution >= 0.6 is 0 Å². The van der Waals surface area contributed by atoms with Crippen LogP contribution in [0.15, 0.2) is 18.2 Å². The van der Waals surface area contributed by atoms with E-state index < -0.39 is 0 Å². The van der Waals surface area contributed by atoms with Crippen molar-refractivity contribution in [3.63, 3.8) is 0 Å². The lowest BCUT2D eigenvalue weighted by Gasteiger charge is -2.27. The summed E-state index contributed by atoms with van der Waals surface area (Å²) in [4.78, 5) is 0. The predicted octanol–water partition coefficient (Wildman–Crippen LogP) is 4.60. The molecule has 1 aromatic carbocycles. The van der Waals surface area contributed by atoms with Gasteiger partial charge in [0.25, 0.3) is 0 Å². The van der Waals surface area contributed by atoms with E-state index in [1.807, 2.05) is 0 Å². The van der Waals surface area contributed by atoms with Gasteiger partial charge in [-0.15, -0.1) is 0 Å². The molecule has 1 N–H and O–H groups in total. The maximum absolute atomic E-state index is 5.50. The third-order valence-corrected chi connectivity index (χ3v) is 3.96. The fourth-order valence-electron chi connectivity index (χ4n) is 3.25. The molecule has 0 aliphatic carbocycles. The summed E-state index contributed by atoms with van der Waals surface area (Å²) < 4.78 is 5.50. The summed E-state index contributed by atoms with van der Waals surface area (Å²) in [6, 6.07) is 6.94. The summed E-state index contributed by atoms with van der Waals surface area (Å²) in [5.74, 6) is 1.72.